The van der Waals surface area contributed by atoms with Crippen LogP contribution in [0.5, 0.6) is 5.75 Å². The van der Waals surface area contributed by atoms with Gasteiger partial charge in [-0.2, -0.15) is 0 Å². The molecule has 32 heavy (non-hydrogen) atoms. The van der Waals surface area contributed by atoms with E-state index >= 15 is 0 Å². The van der Waals surface area contributed by atoms with Gasteiger partial charge in [0.05, 0.1) is 15.2 Å². The second-order valence-corrected chi connectivity index (χ2v) is 8.16. The molecule has 0 spiro atoms. The molecule has 2 aromatic carbocycles. The third kappa shape index (κ3) is 8.81. The highest BCUT2D eigenvalue weighted by atomic mass is 79.9. The molecule has 0 heterocycles. The van der Waals surface area contributed by atoms with Crippen molar-refractivity contribution in [1.29, 1.82) is 0 Å². The molecule has 0 radical (unpaired) electrons. The number of nitrogens with one attached hydrogen (secondary N) is 4. The maximum Gasteiger partial charge on any atom is 0.264 e. The summed E-state index contributed by atoms with van der Waals surface area (Å²) in [5.74, 6) is -0.812. The van der Waals surface area contributed by atoms with E-state index in [0.717, 1.165) is 16.5 Å². The molecular formula is C21H22BrClN4O4S. The summed E-state index contributed by atoms with van der Waals surface area (Å²) in [5, 5.41) is 5.31. The Labute approximate surface area is 204 Å². The first-order valence-electron chi connectivity index (χ1n) is 9.62. The van der Waals surface area contributed by atoms with E-state index in [4.69, 9.17) is 28.6 Å². The molecule has 0 bridgehead atoms. The molecule has 4 N–H and O–H groups in total. The quantitative estimate of drug-likeness (QED) is 0.301. The third-order valence-electron chi connectivity index (χ3n) is 4.06. The van der Waals surface area contributed by atoms with Gasteiger partial charge < -0.3 is 10.1 Å². The van der Waals surface area contributed by atoms with E-state index in [1.54, 1.807) is 30.3 Å². The Bertz CT molecular complexity index is 1010. The summed E-state index contributed by atoms with van der Waals surface area (Å²) >= 11 is 14.3. The molecule has 11 heteroatoms. The van der Waals surface area contributed by atoms with Crippen LogP contribution in [-0.2, 0) is 20.8 Å². The van der Waals surface area contributed by atoms with Gasteiger partial charge in [0.2, 0.25) is 11.8 Å². The molecular weight excluding hydrogens is 520 g/mol. The summed E-state index contributed by atoms with van der Waals surface area (Å²) in [4.78, 5) is 35.8. The van der Waals surface area contributed by atoms with Crippen molar-refractivity contribution in [3.63, 3.8) is 0 Å². The van der Waals surface area contributed by atoms with Crippen molar-refractivity contribution in [1.82, 2.24) is 16.2 Å². The first kappa shape index (κ1) is 25.6. The molecule has 0 aliphatic carbocycles. The lowest BCUT2D eigenvalue weighted by Gasteiger charge is -2.12. The number of halogens is 2. The number of amides is 3. The van der Waals surface area contributed by atoms with Gasteiger partial charge in [-0.15, -0.1) is 0 Å². The fraction of sp³-hybridized carbons (Fsp3) is 0.238. The second kappa shape index (κ2) is 13.0. The molecule has 0 saturated heterocycles. The van der Waals surface area contributed by atoms with Crippen LogP contribution in [0.4, 0.5) is 5.69 Å². The van der Waals surface area contributed by atoms with Crippen molar-refractivity contribution in [2.75, 3.05) is 11.9 Å². The van der Waals surface area contributed by atoms with Crippen LogP contribution >= 0.6 is 39.7 Å². The molecule has 0 aliphatic heterocycles. The van der Waals surface area contributed by atoms with Crippen molar-refractivity contribution in [3.8, 4) is 5.75 Å². The van der Waals surface area contributed by atoms with Crippen LogP contribution < -0.4 is 26.2 Å². The zero-order valence-electron chi connectivity index (χ0n) is 17.2. The number of ether oxygens (including phenoxy) is 1. The second-order valence-electron chi connectivity index (χ2n) is 6.49. The lowest BCUT2D eigenvalue weighted by atomic mass is 10.2. The first-order valence-corrected chi connectivity index (χ1v) is 11.2. The molecule has 8 nitrogen and oxygen atoms in total. The summed E-state index contributed by atoms with van der Waals surface area (Å²) in [5.41, 5.74) is 6.32. The number of para-hydroxylation sites is 1. The van der Waals surface area contributed by atoms with Crippen LogP contribution in [0.3, 0.4) is 0 Å². The number of carbonyl (C=O) groups is 3. The van der Waals surface area contributed by atoms with E-state index < -0.39 is 11.8 Å². The molecule has 0 saturated carbocycles. The van der Waals surface area contributed by atoms with E-state index in [0.29, 0.717) is 16.5 Å². The van der Waals surface area contributed by atoms with Crippen molar-refractivity contribution >= 4 is 68.3 Å². The number of hydrazine groups is 1. The van der Waals surface area contributed by atoms with Gasteiger partial charge in [0.1, 0.15) is 5.75 Å². The Morgan fingerprint density at radius 3 is 2.44 bits per heavy atom. The number of benzene rings is 2. The molecule has 0 atom stereocenters. The van der Waals surface area contributed by atoms with Crippen LogP contribution in [0.1, 0.15) is 25.3 Å². The topological polar surface area (TPSA) is 109 Å². The van der Waals surface area contributed by atoms with Gasteiger partial charge in [0.15, 0.2) is 11.7 Å². The molecule has 0 aromatic heterocycles. The molecule has 0 aliphatic rings. The SMILES string of the molecule is CCc1ccc(OCC(=O)NC(=S)NNC(=O)CCC(=O)Nc2ccccc2Cl)c(Br)c1. The summed E-state index contributed by atoms with van der Waals surface area (Å²) in [6, 6.07) is 12.4. The first-order chi connectivity index (χ1) is 15.3. The summed E-state index contributed by atoms with van der Waals surface area (Å²) in [7, 11) is 0. The highest BCUT2D eigenvalue weighted by Crippen LogP contribution is 2.26. The van der Waals surface area contributed by atoms with Gasteiger partial charge in [0, 0.05) is 12.8 Å². The largest absolute Gasteiger partial charge is 0.483 e. The van der Waals surface area contributed by atoms with Gasteiger partial charge in [-0.1, -0.05) is 36.7 Å². The van der Waals surface area contributed by atoms with E-state index in [2.05, 4.69) is 37.4 Å². The predicted octanol–water partition coefficient (Wildman–Crippen LogP) is 3.48. The number of anilines is 1. The Balaban J connectivity index is 1.65. The number of carbonyl (C=O) groups excluding carboxylic acids is 3. The highest BCUT2D eigenvalue weighted by molar-refractivity contribution is 9.10. The molecule has 3 amide bonds. The Hall–Kier alpha value is -2.69. The fourth-order valence-electron chi connectivity index (χ4n) is 2.41. The van der Waals surface area contributed by atoms with Crippen molar-refractivity contribution in [2.24, 2.45) is 0 Å². The normalized spacial score (nSPS) is 10.1. The zero-order chi connectivity index (χ0) is 23.5. The van der Waals surface area contributed by atoms with Gasteiger partial charge in [-0.25, -0.2) is 0 Å². The number of aryl methyl sites for hydroxylation is 1. The molecule has 170 valence electrons. The Morgan fingerprint density at radius 2 is 1.75 bits per heavy atom. The van der Waals surface area contributed by atoms with Gasteiger partial charge in [0.25, 0.3) is 5.91 Å². The summed E-state index contributed by atoms with van der Waals surface area (Å²) < 4.78 is 6.21. The Kier molecular flexibility index (Phi) is 10.4. The van der Waals surface area contributed by atoms with Crippen LogP contribution in [0.25, 0.3) is 0 Å². The maximum absolute atomic E-state index is 12.0. The number of hydrogen-bond acceptors (Lipinski definition) is 5. The van der Waals surface area contributed by atoms with Crippen molar-refractivity contribution < 1.29 is 19.1 Å². The number of rotatable bonds is 8. The minimum atomic E-state index is -0.498. The summed E-state index contributed by atoms with van der Waals surface area (Å²) in [6.45, 7) is 1.78. The van der Waals surface area contributed by atoms with Crippen LogP contribution in [-0.4, -0.2) is 29.4 Å². The monoisotopic (exact) mass is 540 g/mol. The summed E-state index contributed by atoms with van der Waals surface area (Å²) in [6.07, 6.45) is 0.735. The lowest BCUT2D eigenvalue weighted by molar-refractivity contribution is -0.125. The minimum Gasteiger partial charge on any atom is -0.483 e. The highest BCUT2D eigenvalue weighted by Gasteiger charge is 2.11. The van der Waals surface area contributed by atoms with E-state index in [1.807, 2.05) is 19.1 Å². The fourth-order valence-corrected chi connectivity index (χ4v) is 3.30. The predicted molar refractivity (Wildman–Crippen MR) is 130 cm³/mol. The molecule has 0 unspecified atom stereocenters. The molecule has 0 fully saturated rings. The average Bonchev–Trinajstić information content (AvgIpc) is 2.77. The smallest absolute Gasteiger partial charge is 0.264 e. The molecule has 2 aromatic rings. The Morgan fingerprint density at radius 1 is 1.03 bits per heavy atom. The molecule has 2 rings (SSSR count). The van der Waals surface area contributed by atoms with E-state index in [9.17, 15) is 14.4 Å². The standard InChI is InChI=1S/C21H22BrClN4O4S/c1-2-13-7-8-17(14(22)11-13)31-12-20(30)25-21(32)27-26-19(29)10-9-18(28)24-16-6-4-3-5-15(16)23/h3-8,11H,2,9-10,12H2,1H3,(H,24,28)(H,26,29)(H2,25,27,30,32). The zero-order valence-corrected chi connectivity index (χ0v) is 20.3. The van der Waals surface area contributed by atoms with Crippen LogP contribution in [0, 0.1) is 0 Å². The number of hydrogen-bond donors (Lipinski definition) is 4. The lowest BCUT2D eigenvalue weighted by Crippen LogP contribution is -2.49. The van der Waals surface area contributed by atoms with Crippen LogP contribution in [0.2, 0.25) is 5.02 Å². The van der Waals surface area contributed by atoms with Crippen molar-refractivity contribution in [3.05, 3.63) is 57.5 Å². The minimum absolute atomic E-state index is 0.0581. The maximum atomic E-state index is 12.0. The van der Waals surface area contributed by atoms with Gasteiger partial charge >= 0.3 is 0 Å². The van der Waals surface area contributed by atoms with E-state index in [1.165, 1.54) is 0 Å². The van der Waals surface area contributed by atoms with E-state index in [-0.39, 0.29) is 30.5 Å². The van der Waals surface area contributed by atoms with Crippen molar-refractivity contribution in [2.45, 2.75) is 26.2 Å². The van der Waals surface area contributed by atoms with Gasteiger partial charge in [-0.05, 0) is 64.4 Å². The van der Waals surface area contributed by atoms with Gasteiger partial charge in [-0.3, -0.25) is 30.6 Å². The van der Waals surface area contributed by atoms with Crippen LogP contribution in [0.15, 0.2) is 46.9 Å². The number of thiocarbonyl (C=S) groups is 1. The third-order valence-corrected chi connectivity index (χ3v) is 5.21. The average molecular weight is 542 g/mol.